The maximum absolute atomic E-state index is 11.8. The number of hydrogen-bond acceptors (Lipinski definition) is 4. The third-order valence-electron chi connectivity index (χ3n) is 2.59. The predicted molar refractivity (Wildman–Crippen MR) is 84.7 cm³/mol. The second-order valence-corrected chi connectivity index (χ2v) is 5.53. The number of thiocarbonyl (C=S) groups is 1. The van der Waals surface area contributed by atoms with E-state index in [0.29, 0.717) is 17.8 Å². The number of nitrogens with zero attached hydrogens (tertiary/aromatic N) is 1. The number of thioether (sulfide) groups is 1. The Kier molecular flexibility index (Phi) is 7.43. The number of pyridine rings is 1. The van der Waals surface area contributed by atoms with Crippen LogP contribution in [0.4, 0.5) is 0 Å². The molecule has 0 radical (unpaired) electrons. The number of hydrogen-bond donors (Lipinski definition) is 2. The van der Waals surface area contributed by atoms with Gasteiger partial charge in [0.25, 0.3) is 5.91 Å². The Morgan fingerprint density at radius 1 is 1.42 bits per heavy atom. The second kappa shape index (κ2) is 8.87. The number of aromatic nitrogens is 1. The van der Waals surface area contributed by atoms with Gasteiger partial charge in [0.2, 0.25) is 0 Å². The minimum Gasteiger partial charge on any atom is -0.389 e. The summed E-state index contributed by atoms with van der Waals surface area (Å²) in [5.41, 5.74) is 6.53. The van der Waals surface area contributed by atoms with Gasteiger partial charge in [0.15, 0.2) is 0 Å². The number of carbonyl (C=O) groups is 1. The molecule has 6 heteroatoms. The lowest BCUT2D eigenvalue weighted by molar-refractivity contribution is 0.0948. The van der Waals surface area contributed by atoms with Crippen LogP contribution in [-0.4, -0.2) is 34.4 Å². The van der Waals surface area contributed by atoms with E-state index in [0.717, 1.165) is 12.8 Å². The lowest BCUT2D eigenvalue weighted by Crippen LogP contribution is -2.25. The van der Waals surface area contributed by atoms with E-state index in [1.807, 2.05) is 11.8 Å². The SMILES string of the molecule is CSCCCCCNC(=O)c1ccc(C(N)=S)cn1. The van der Waals surface area contributed by atoms with Gasteiger partial charge in [-0.15, -0.1) is 0 Å². The highest BCUT2D eigenvalue weighted by Gasteiger charge is 2.06. The highest BCUT2D eigenvalue weighted by Crippen LogP contribution is 2.02. The van der Waals surface area contributed by atoms with Crippen LogP contribution in [0.15, 0.2) is 18.3 Å². The summed E-state index contributed by atoms with van der Waals surface area (Å²) in [6.45, 7) is 0.686. The van der Waals surface area contributed by atoms with E-state index in [4.69, 9.17) is 18.0 Å². The molecule has 1 rings (SSSR count). The van der Waals surface area contributed by atoms with Gasteiger partial charge < -0.3 is 11.1 Å². The van der Waals surface area contributed by atoms with Crippen LogP contribution in [0.3, 0.4) is 0 Å². The molecular weight excluding hydrogens is 278 g/mol. The van der Waals surface area contributed by atoms with Crippen molar-refractivity contribution < 1.29 is 4.79 Å². The first-order valence-electron chi connectivity index (χ1n) is 6.18. The molecule has 0 aliphatic carbocycles. The molecule has 0 spiro atoms. The fourth-order valence-electron chi connectivity index (χ4n) is 1.51. The molecule has 0 aliphatic heterocycles. The summed E-state index contributed by atoms with van der Waals surface area (Å²) in [5, 5.41) is 2.85. The van der Waals surface area contributed by atoms with Crippen molar-refractivity contribution >= 4 is 34.9 Å². The van der Waals surface area contributed by atoms with Crippen molar-refractivity contribution in [3.8, 4) is 0 Å². The third kappa shape index (κ3) is 6.02. The first-order chi connectivity index (χ1) is 9.15. The molecule has 0 saturated carbocycles. The Labute approximate surface area is 123 Å². The molecule has 4 nitrogen and oxygen atoms in total. The first-order valence-corrected chi connectivity index (χ1v) is 7.98. The lowest BCUT2D eigenvalue weighted by Gasteiger charge is -2.05. The quantitative estimate of drug-likeness (QED) is 0.567. The van der Waals surface area contributed by atoms with Crippen LogP contribution in [0, 0.1) is 0 Å². The van der Waals surface area contributed by atoms with E-state index in [1.165, 1.54) is 18.4 Å². The van der Waals surface area contributed by atoms with Crippen molar-refractivity contribution in [1.29, 1.82) is 0 Å². The molecule has 0 saturated heterocycles. The smallest absolute Gasteiger partial charge is 0.269 e. The Morgan fingerprint density at radius 3 is 2.79 bits per heavy atom. The van der Waals surface area contributed by atoms with Crippen LogP contribution in [0.25, 0.3) is 0 Å². The zero-order valence-electron chi connectivity index (χ0n) is 11.0. The fourth-order valence-corrected chi connectivity index (χ4v) is 2.13. The summed E-state index contributed by atoms with van der Waals surface area (Å²) >= 11 is 6.68. The molecule has 19 heavy (non-hydrogen) atoms. The van der Waals surface area contributed by atoms with Gasteiger partial charge in [0, 0.05) is 18.3 Å². The maximum atomic E-state index is 11.8. The molecule has 1 aromatic heterocycles. The topological polar surface area (TPSA) is 68.0 Å². The van der Waals surface area contributed by atoms with Crippen molar-refractivity contribution in [2.45, 2.75) is 19.3 Å². The van der Waals surface area contributed by atoms with E-state index in [2.05, 4.69) is 16.6 Å². The Balaban J connectivity index is 2.31. The molecule has 0 atom stereocenters. The predicted octanol–water partition coefficient (Wildman–Crippen LogP) is 1.98. The largest absolute Gasteiger partial charge is 0.389 e. The molecule has 1 heterocycles. The van der Waals surface area contributed by atoms with Crippen molar-refractivity contribution in [2.75, 3.05) is 18.6 Å². The second-order valence-electron chi connectivity index (χ2n) is 4.11. The number of carbonyl (C=O) groups excluding carboxylic acids is 1. The Hall–Kier alpha value is -1.14. The minimum absolute atomic E-state index is 0.153. The number of nitrogens with two attached hydrogens (primary N) is 1. The summed E-state index contributed by atoms with van der Waals surface area (Å²) in [4.78, 5) is 16.1. The van der Waals surface area contributed by atoms with Gasteiger partial charge in [0.05, 0.1) is 0 Å². The molecule has 0 unspecified atom stereocenters. The van der Waals surface area contributed by atoms with E-state index >= 15 is 0 Å². The van der Waals surface area contributed by atoms with Crippen molar-refractivity contribution in [3.63, 3.8) is 0 Å². The molecule has 0 aliphatic rings. The van der Waals surface area contributed by atoms with Gasteiger partial charge in [-0.1, -0.05) is 18.6 Å². The summed E-state index contributed by atoms with van der Waals surface area (Å²) < 4.78 is 0. The molecular formula is C13H19N3OS2. The first kappa shape index (κ1) is 15.9. The summed E-state index contributed by atoms with van der Waals surface area (Å²) in [6, 6.07) is 3.35. The summed E-state index contributed by atoms with van der Waals surface area (Å²) in [6.07, 6.45) is 6.95. The minimum atomic E-state index is -0.153. The van der Waals surface area contributed by atoms with E-state index < -0.39 is 0 Å². The Bertz CT molecular complexity index is 420. The van der Waals surface area contributed by atoms with E-state index in [-0.39, 0.29) is 10.9 Å². The van der Waals surface area contributed by atoms with Gasteiger partial charge in [-0.05, 0) is 37.0 Å². The van der Waals surface area contributed by atoms with Crippen LogP contribution < -0.4 is 11.1 Å². The molecule has 0 fully saturated rings. The molecule has 0 bridgehead atoms. The number of amides is 1. The molecule has 104 valence electrons. The monoisotopic (exact) mass is 297 g/mol. The average molecular weight is 297 g/mol. The van der Waals surface area contributed by atoms with Crippen LogP contribution in [0.1, 0.15) is 35.3 Å². The zero-order chi connectivity index (χ0) is 14.1. The van der Waals surface area contributed by atoms with Crippen LogP contribution >= 0.6 is 24.0 Å². The average Bonchev–Trinajstić information content (AvgIpc) is 2.42. The highest BCUT2D eigenvalue weighted by molar-refractivity contribution is 7.98. The fraction of sp³-hybridized carbons (Fsp3) is 0.462. The molecule has 1 aromatic rings. The lowest BCUT2D eigenvalue weighted by atomic mass is 10.2. The van der Waals surface area contributed by atoms with Crippen molar-refractivity contribution in [3.05, 3.63) is 29.6 Å². The van der Waals surface area contributed by atoms with Gasteiger partial charge in [-0.25, -0.2) is 0 Å². The van der Waals surface area contributed by atoms with Gasteiger partial charge in [-0.2, -0.15) is 11.8 Å². The third-order valence-corrected chi connectivity index (χ3v) is 3.52. The summed E-state index contributed by atoms with van der Waals surface area (Å²) in [7, 11) is 0. The maximum Gasteiger partial charge on any atom is 0.269 e. The van der Waals surface area contributed by atoms with Gasteiger partial charge >= 0.3 is 0 Å². The molecule has 0 aromatic carbocycles. The van der Waals surface area contributed by atoms with E-state index in [1.54, 1.807) is 12.1 Å². The Morgan fingerprint density at radius 2 is 2.21 bits per heavy atom. The molecule has 1 amide bonds. The molecule has 3 N–H and O–H groups in total. The van der Waals surface area contributed by atoms with Crippen molar-refractivity contribution in [2.24, 2.45) is 5.73 Å². The van der Waals surface area contributed by atoms with Gasteiger partial charge in [0.1, 0.15) is 10.7 Å². The normalized spacial score (nSPS) is 10.2. The number of rotatable bonds is 8. The van der Waals surface area contributed by atoms with E-state index in [9.17, 15) is 4.79 Å². The highest BCUT2D eigenvalue weighted by atomic mass is 32.2. The van der Waals surface area contributed by atoms with Crippen LogP contribution in [0.2, 0.25) is 0 Å². The zero-order valence-corrected chi connectivity index (χ0v) is 12.6. The van der Waals surface area contributed by atoms with Crippen LogP contribution in [-0.2, 0) is 0 Å². The standard InChI is InChI=1S/C13H19N3OS2/c1-19-8-4-2-3-7-15-13(17)11-6-5-10(9-16-11)12(14)18/h5-6,9H,2-4,7-8H2,1H3,(H2,14,18)(H,15,17). The van der Waals surface area contributed by atoms with Gasteiger partial charge in [-0.3, -0.25) is 9.78 Å². The summed E-state index contributed by atoms with van der Waals surface area (Å²) in [5.74, 6) is 1.02. The number of unbranched alkanes of at least 4 members (excludes halogenated alkanes) is 2. The van der Waals surface area contributed by atoms with Crippen LogP contribution in [0.5, 0.6) is 0 Å². The van der Waals surface area contributed by atoms with Crippen molar-refractivity contribution in [1.82, 2.24) is 10.3 Å². The number of nitrogens with one attached hydrogen (secondary N) is 1.